The molecule has 0 spiro atoms. The highest BCUT2D eigenvalue weighted by Gasteiger charge is 2.48. The fourth-order valence-electron chi connectivity index (χ4n) is 4.26. The van der Waals surface area contributed by atoms with Crippen molar-refractivity contribution in [2.45, 2.75) is 32.4 Å². The van der Waals surface area contributed by atoms with Crippen molar-refractivity contribution in [2.75, 3.05) is 19.8 Å². The van der Waals surface area contributed by atoms with E-state index in [4.69, 9.17) is 9.47 Å². The number of hydrogen-bond donors (Lipinski definition) is 0. The smallest absolute Gasteiger partial charge is 0.323 e. The summed E-state index contributed by atoms with van der Waals surface area (Å²) in [6.45, 7) is 5.73. The number of fused-ring (bicyclic) bond motifs is 3. The molecule has 2 aromatic rings. The molecule has 4 rings (SSSR count). The van der Waals surface area contributed by atoms with Crippen molar-refractivity contribution < 1.29 is 14.3 Å². The Morgan fingerprint density at radius 1 is 1.14 bits per heavy atom. The van der Waals surface area contributed by atoms with Crippen LogP contribution in [0.4, 0.5) is 11.4 Å². The van der Waals surface area contributed by atoms with Crippen molar-refractivity contribution >= 4 is 17.3 Å². The molecule has 0 unspecified atom stereocenters. The lowest BCUT2D eigenvalue weighted by Crippen LogP contribution is -2.39. The van der Waals surface area contributed by atoms with Crippen molar-refractivity contribution in [3.63, 3.8) is 0 Å². The van der Waals surface area contributed by atoms with Gasteiger partial charge in [-0.25, -0.2) is 0 Å². The Bertz CT molecular complexity index is 869. The summed E-state index contributed by atoms with van der Waals surface area (Å²) < 4.78 is 11.3. The summed E-state index contributed by atoms with van der Waals surface area (Å²) in [5, 5.41) is 8.71. The van der Waals surface area contributed by atoms with Gasteiger partial charge in [-0.2, -0.15) is 10.2 Å². The molecule has 3 atom stereocenters. The first-order valence-electron chi connectivity index (χ1n) is 9.87. The average molecular weight is 379 g/mol. The molecule has 6 heteroatoms. The normalized spacial score (nSPS) is 23.9. The molecule has 146 valence electrons. The third-order valence-electron chi connectivity index (χ3n) is 5.46. The molecule has 2 aliphatic heterocycles. The number of likely N-dealkylation sites (N-methyl/N-ethyl adjacent to an activating group) is 1. The maximum atomic E-state index is 12.5. The zero-order valence-corrected chi connectivity index (χ0v) is 16.2. The zero-order chi connectivity index (χ0) is 19.5. The summed E-state index contributed by atoms with van der Waals surface area (Å²) in [4.78, 5) is 14.7. The van der Waals surface area contributed by atoms with Crippen molar-refractivity contribution in [2.24, 2.45) is 16.1 Å². The van der Waals surface area contributed by atoms with Gasteiger partial charge < -0.3 is 9.47 Å². The van der Waals surface area contributed by atoms with Gasteiger partial charge in [0.25, 0.3) is 0 Å². The van der Waals surface area contributed by atoms with Crippen LogP contribution in [0, 0.1) is 5.92 Å². The summed E-state index contributed by atoms with van der Waals surface area (Å²) >= 11 is 0. The number of ether oxygens (including phenoxy) is 2. The van der Waals surface area contributed by atoms with E-state index >= 15 is 0 Å². The predicted molar refractivity (Wildman–Crippen MR) is 106 cm³/mol. The second-order valence-electron chi connectivity index (χ2n) is 7.11. The van der Waals surface area contributed by atoms with E-state index in [1.165, 1.54) is 0 Å². The standard InChI is InChI=1S/C22H25N3O3/c1-3-25-19(22(26)27-4-2)12-15-14-28-20-11-10-17(13-18(20)21(15)25)24-23-16-8-6-5-7-9-16/h5-11,13,15,19,21H,3-4,12,14H2,1-2H3/t15-,19-,21-/m1/s1. The number of carbonyl (C=O) groups excluding carboxylic acids is 1. The fourth-order valence-corrected chi connectivity index (χ4v) is 4.26. The summed E-state index contributed by atoms with van der Waals surface area (Å²) in [5.41, 5.74) is 2.67. The monoisotopic (exact) mass is 379 g/mol. The number of hydrogen-bond acceptors (Lipinski definition) is 6. The van der Waals surface area contributed by atoms with Crippen molar-refractivity contribution in [1.82, 2.24) is 4.90 Å². The van der Waals surface area contributed by atoms with Crippen LogP contribution in [-0.4, -0.2) is 36.7 Å². The van der Waals surface area contributed by atoms with Gasteiger partial charge in [0, 0.05) is 17.5 Å². The third kappa shape index (κ3) is 3.52. The number of esters is 1. The molecule has 2 aromatic carbocycles. The number of carbonyl (C=O) groups is 1. The number of rotatable bonds is 5. The molecule has 1 saturated heterocycles. The van der Waals surface area contributed by atoms with E-state index in [1.807, 2.05) is 55.5 Å². The maximum absolute atomic E-state index is 12.5. The second-order valence-corrected chi connectivity index (χ2v) is 7.11. The van der Waals surface area contributed by atoms with E-state index in [0.717, 1.165) is 35.7 Å². The number of azo groups is 1. The summed E-state index contributed by atoms with van der Waals surface area (Å²) in [6.07, 6.45) is 0.756. The van der Waals surface area contributed by atoms with Crippen LogP contribution in [0.3, 0.4) is 0 Å². The molecule has 0 amide bonds. The first-order chi connectivity index (χ1) is 13.7. The lowest BCUT2D eigenvalue weighted by molar-refractivity contribution is -0.148. The largest absolute Gasteiger partial charge is 0.493 e. The minimum atomic E-state index is -0.218. The zero-order valence-electron chi connectivity index (χ0n) is 16.2. The van der Waals surface area contributed by atoms with E-state index in [9.17, 15) is 4.79 Å². The topological polar surface area (TPSA) is 63.5 Å². The minimum absolute atomic E-state index is 0.134. The van der Waals surface area contributed by atoms with Crippen LogP contribution in [0.1, 0.15) is 31.9 Å². The van der Waals surface area contributed by atoms with Crippen molar-refractivity contribution in [1.29, 1.82) is 0 Å². The molecule has 6 nitrogen and oxygen atoms in total. The fraction of sp³-hybridized carbons (Fsp3) is 0.409. The minimum Gasteiger partial charge on any atom is -0.493 e. The highest BCUT2D eigenvalue weighted by Crippen LogP contribution is 2.48. The molecular weight excluding hydrogens is 354 g/mol. The molecule has 2 heterocycles. The molecule has 0 radical (unpaired) electrons. The van der Waals surface area contributed by atoms with Crippen LogP contribution in [0.25, 0.3) is 0 Å². The van der Waals surface area contributed by atoms with E-state index < -0.39 is 0 Å². The molecule has 0 aliphatic carbocycles. The molecule has 0 saturated carbocycles. The van der Waals surface area contributed by atoms with Gasteiger partial charge in [0.05, 0.1) is 24.6 Å². The van der Waals surface area contributed by atoms with Crippen LogP contribution in [0.15, 0.2) is 58.8 Å². The Hall–Kier alpha value is -2.73. The quantitative estimate of drug-likeness (QED) is 0.552. The number of likely N-dealkylation sites (tertiary alicyclic amines) is 1. The first kappa shape index (κ1) is 18.6. The van der Waals surface area contributed by atoms with Crippen LogP contribution >= 0.6 is 0 Å². The van der Waals surface area contributed by atoms with Gasteiger partial charge in [-0.05, 0) is 50.2 Å². The Kier molecular flexibility index (Phi) is 5.39. The van der Waals surface area contributed by atoms with Crippen LogP contribution in [0.5, 0.6) is 5.75 Å². The van der Waals surface area contributed by atoms with Gasteiger partial charge in [-0.15, -0.1) is 0 Å². The average Bonchev–Trinajstić information content (AvgIpc) is 3.12. The number of nitrogens with zero attached hydrogens (tertiary/aromatic N) is 3. The lowest BCUT2D eigenvalue weighted by Gasteiger charge is -2.34. The van der Waals surface area contributed by atoms with E-state index in [0.29, 0.717) is 13.2 Å². The van der Waals surface area contributed by atoms with Gasteiger partial charge in [0.1, 0.15) is 11.8 Å². The molecule has 0 N–H and O–H groups in total. The van der Waals surface area contributed by atoms with Crippen LogP contribution in [-0.2, 0) is 9.53 Å². The predicted octanol–water partition coefficient (Wildman–Crippen LogP) is 4.81. The Labute approximate surface area is 165 Å². The van der Waals surface area contributed by atoms with Gasteiger partial charge in [0.2, 0.25) is 0 Å². The second kappa shape index (κ2) is 8.10. The molecule has 0 aromatic heterocycles. The summed E-state index contributed by atoms with van der Waals surface area (Å²) in [6, 6.07) is 15.5. The van der Waals surface area contributed by atoms with E-state index in [-0.39, 0.29) is 24.0 Å². The Balaban J connectivity index is 1.63. The first-order valence-corrected chi connectivity index (χ1v) is 9.87. The number of benzene rings is 2. The highest BCUT2D eigenvalue weighted by molar-refractivity contribution is 5.76. The Morgan fingerprint density at radius 2 is 1.93 bits per heavy atom. The molecule has 28 heavy (non-hydrogen) atoms. The lowest BCUT2D eigenvalue weighted by atomic mass is 9.90. The summed E-state index contributed by atoms with van der Waals surface area (Å²) in [7, 11) is 0. The van der Waals surface area contributed by atoms with Gasteiger partial charge >= 0.3 is 5.97 Å². The van der Waals surface area contributed by atoms with Gasteiger partial charge in [-0.3, -0.25) is 9.69 Å². The molecular formula is C22H25N3O3. The SMILES string of the molecule is CCOC(=O)[C@H]1C[C@@H]2COc3ccc(N=Nc4ccccc4)cc3[C@@H]2N1CC. The van der Waals surface area contributed by atoms with Crippen LogP contribution in [0.2, 0.25) is 0 Å². The Morgan fingerprint density at radius 3 is 2.68 bits per heavy atom. The highest BCUT2D eigenvalue weighted by atomic mass is 16.5. The van der Waals surface area contributed by atoms with Gasteiger partial charge in [-0.1, -0.05) is 25.1 Å². The molecule has 2 aliphatic rings. The van der Waals surface area contributed by atoms with E-state index in [2.05, 4.69) is 22.1 Å². The van der Waals surface area contributed by atoms with Gasteiger partial charge in [0.15, 0.2) is 0 Å². The summed E-state index contributed by atoms with van der Waals surface area (Å²) in [5.74, 6) is 0.992. The van der Waals surface area contributed by atoms with E-state index in [1.54, 1.807) is 0 Å². The van der Waals surface area contributed by atoms with Crippen LogP contribution < -0.4 is 4.74 Å². The maximum Gasteiger partial charge on any atom is 0.323 e. The third-order valence-corrected chi connectivity index (χ3v) is 5.46. The van der Waals surface area contributed by atoms with Crippen molar-refractivity contribution in [3.8, 4) is 5.75 Å². The molecule has 1 fully saturated rings. The molecule has 0 bridgehead atoms. The van der Waals surface area contributed by atoms with Crippen molar-refractivity contribution in [3.05, 3.63) is 54.1 Å².